The SMILES string of the molecule is COc1c(CCCC(=O)O)cccc1-c1cnc(-c2cccc(C#N)c2OC(C)C)nc1. The molecule has 0 atom stereocenters. The number of ether oxygens (including phenoxy) is 2. The first-order valence-corrected chi connectivity index (χ1v) is 10.3. The Bertz CT molecular complexity index is 1130. The fourth-order valence-corrected chi connectivity index (χ4v) is 3.45. The molecule has 7 heteroatoms. The maximum Gasteiger partial charge on any atom is 0.303 e. The molecule has 32 heavy (non-hydrogen) atoms. The molecule has 164 valence electrons. The van der Waals surface area contributed by atoms with E-state index in [2.05, 4.69) is 16.0 Å². The number of rotatable bonds is 9. The summed E-state index contributed by atoms with van der Waals surface area (Å²) in [6, 6.07) is 13.2. The zero-order chi connectivity index (χ0) is 23.1. The van der Waals surface area contributed by atoms with Crippen LogP contribution >= 0.6 is 0 Å². The fourth-order valence-electron chi connectivity index (χ4n) is 3.45. The van der Waals surface area contributed by atoms with Crippen LogP contribution in [-0.2, 0) is 11.2 Å². The smallest absolute Gasteiger partial charge is 0.303 e. The standard InChI is InChI=1S/C25H25N3O4/c1-16(2)32-24-18(13-26)9-5-11-21(24)25-27-14-19(15-28-25)20-10-4-7-17(23(20)31-3)8-6-12-22(29)30/h4-5,7,9-11,14-16H,6,8,12H2,1-3H3,(H,29,30). The largest absolute Gasteiger partial charge is 0.496 e. The Labute approximate surface area is 187 Å². The molecule has 0 aliphatic heterocycles. The first-order chi connectivity index (χ1) is 15.4. The van der Waals surface area contributed by atoms with Crippen LogP contribution < -0.4 is 9.47 Å². The Balaban J connectivity index is 1.95. The van der Waals surface area contributed by atoms with Gasteiger partial charge in [-0.25, -0.2) is 9.97 Å². The third-order valence-electron chi connectivity index (χ3n) is 4.83. The second kappa shape index (κ2) is 10.4. The number of para-hydroxylation sites is 2. The zero-order valence-corrected chi connectivity index (χ0v) is 18.3. The zero-order valence-electron chi connectivity index (χ0n) is 18.3. The van der Waals surface area contributed by atoms with E-state index in [0.29, 0.717) is 41.3 Å². The van der Waals surface area contributed by atoms with E-state index < -0.39 is 5.97 Å². The molecule has 0 bridgehead atoms. The van der Waals surface area contributed by atoms with Gasteiger partial charge < -0.3 is 14.6 Å². The van der Waals surface area contributed by atoms with Gasteiger partial charge in [0.05, 0.1) is 24.3 Å². The van der Waals surface area contributed by atoms with Gasteiger partial charge in [-0.05, 0) is 44.4 Å². The van der Waals surface area contributed by atoms with Gasteiger partial charge in [0.2, 0.25) is 0 Å². The van der Waals surface area contributed by atoms with E-state index in [0.717, 1.165) is 16.7 Å². The maximum atomic E-state index is 10.8. The van der Waals surface area contributed by atoms with E-state index in [1.165, 1.54) is 0 Å². The number of hydrogen-bond donors (Lipinski definition) is 1. The molecule has 0 aliphatic carbocycles. The highest BCUT2D eigenvalue weighted by Crippen LogP contribution is 2.35. The van der Waals surface area contributed by atoms with E-state index >= 15 is 0 Å². The molecule has 1 aromatic heterocycles. The van der Waals surface area contributed by atoms with Gasteiger partial charge in [0.25, 0.3) is 0 Å². The first kappa shape index (κ1) is 22.8. The number of carboxylic acids is 1. The van der Waals surface area contributed by atoms with E-state index in [4.69, 9.17) is 14.6 Å². The summed E-state index contributed by atoms with van der Waals surface area (Å²) in [6.45, 7) is 3.80. The van der Waals surface area contributed by atoms with Gasteiger partial charge in [-0.2, -0.15) is 5.26 Å². The summed E-state index contributed by atoms with van der Waals surface area (Å²) in [7, 11) is 1.59. The molecule has 0 aliphatic rings. The summed E-state index contributed by atoms with van der Waals surface area (Å²) >= 11 is 0. The number of carbonyl (C=O) groups is 1. The molecule has 2 aromatic carbocycles. The number of methoxy groups -OCH3 is 1. The van der Waals surface area contributed by atoms with Crippen molar-refractivity contribution >= 4 is 5.97 Å². The predicted octanol–water partition coefficient (Wildman–Crippen LogP) is 4.89. The highest BCUT2D eigenvalue weighted by Gasteiger charge is 2.17. The molecule has 0 fully saturated rings. The van der Waals surface area contributed by atoms with Crippen molar-refractivity contribution in [1.82, 2.24) is 9.97 Å². The van der Waals surface area contributed by atoms with Crippen molar-refractivity contribution in [2.45, 2.75) is 39.2 Å². The average Bonchev–Trinajstić information content (AvgIpc) is 2.78. The second-order valence-electron chi connectivity index (χ2n) is 7.50. The van der Waals surface area contributed by atoms with Gasteiger partial charge in [0.15, 0.2) is 5.82 Å². The predicted molar refractivity (Wildman–Crippen MR) is 121 cm³/mol. The number of carboxylic acid groups (broad SMARTS) is 1. The van der Waals surface area contributed by atoms with Crippen LogP contribution in [0.25, 0.3) is 22.5 Å². The maximum absolute atomic E-state index is 10.8. The van der Waals surface area contributed by atoms with Crippen molar-refractivity contribution in [2.24, 2.45) is 0 Å². The molecule has 0 saturated carbocycles. The van der Waals surface area contributed by atoms with E-state index in [-0.39, 0.29) is 12.5 Å². The summed E-state index contributed by atoms with van der Waals surface area (Å²) in [6.07, 6.45) is 4.54. The first-order valence-electron chi connectivity index (χ1n) is 10.3. The number of nitrogens with zero attached hydrogens (tertiary/aromatic N) is 3. The highest BCUT2D eigenvalue weighted by molar-refractivity contribution is 5.73. The van der Waals surface area contributed by atoms with Gasteiger partial charge >= 0.3 is 5.97 Å². The van der Waals surface area contributed by atoms with Crippen molar-refractivity contribution in [2.75, 3.05) is 7.11 Å². The molecule has 3 rings (SSSR count). The molecule has 1 N–H and O–H groups in total. The third-order valence-corrected chi connectivity index (χ3v) is 4.83. The van der Waals surface area contributed by atoms with Crippen LogP contribution in [0.2, 0.25) is 0 Å². The molecule has 0 unspecified atom stereocenters. The van der Waals surface area contributed by atoms with Gasteiger partial charge in [-0.15, -0.1) is 0 Å². The topological polar surface area (TPSA) is 105 Å². The van der Waals surface area contributed by atoms with E-state index in [1.54, 1.807) is 31.6 Å². The number of aliphatic carboxylic acids is 1. The summed E-state index contributed by atoms with van der Waals surface area (Å²) in [5.74, 6) is 0.795. The van der Waals surface area contributed by atoms with Crippen LogP contribution in [0.15, 0.2) is 48.8 Å². The minimum Gasteiger partial charge on any atom is -0.496 e. The molecule has 1 heterocycles. The van der Waals surface area contributed by atoms with Crippen molar-refractivity contribution in [3.05, 3.63) is 59.9 Å². The van der Waals surface area contributed by atoms with Crippen LogP contribution in [0.1, 0.15) is 37.8 Å². The lowest BCUT2D eigenvalue weighted by atomic mass is 10.00. The van der Waals surface area contributed by atoms with Gasteiger partial charge in [-0.3, -0.25) is 4.79 Å². The molecule has 0 amide bonds. The van der Waals surface area contributed by atoms with Crippen LogP contribution in [0, 0.1) is 11.3 Å². The summed E-state index contributed by atoms with van der Waals surface area (Å²) in [5, 5.41) is 18.4. The fraction of sp³-hybridized carbons (Fsp3) is 0.280. The minimum absolute atomic E-state index is 0.101. The Hall–Kier alpha value is -3.92. The summed E-state index contributed by atoms with van der Waals surface area (Å²) in [4.78, 5) is 19.9. The Morgan fingerprint density at radius 2 is 1.78 bits per heavy atom. The quantitative estimate of drug-likeness (QED) is 0.514. The lowest BCUT2D eigenvalue weighted by Gasteiger charge is -2.16. The number of nitriles is 1. The molecular formula is C25H25N3O4. The summed E-state index contributed by atoms with van der Waals surface area (Å²) in [5.41, 5.74) is 3.62. The molecule has 0 radical (unpaired) electrons. The van der Waals surface area contributed by atoms with Crippen molar-refractivity contribution in [3.8, 4) is 40.1 Å². The lowest BCUT2D eigenvalue weighted by molar-refractivity contribution is -0.137. The van der Waals surface area contributed by atoms with Crippen molar-refractivity contribution in [1.29, 1.82) is 5.26 Å². The minimum atomic E-state index is -0.814. The Kier molecular flexibility index (Phi) is 7.40. The number of aryl methyl sites for hydroxylation is 1. The van der Waals surface area contributed by atoms with E-state index in [9.17, 15) is 10.1 Å². The van der Waals surface area contributed by atoms with Crippen molar-refractivity contribution in [3.63, 3.8) is 0 Å². The molecular weight excluding hydrogens is 406 g/mol. The van der Waals surface area contributed by atoms with Gasteiger partial charge in [-0.1, -0.05) is 24.3 Å². The van der Waals surface area contributed by atoms with Crippen molar-refractivity contribution < 1.29 is 19.4 Å². The second-order valence-corrected chi connectivity index (χ2v) is 7.50. The van der Waals surface area contributed by atoms with Gasteiger partial charge in [0.1, 0.15) is 17.6 Å². The number of aromatic nitrogens is 2. The molecule has 7 nitrogen and oxygen atoms in total. The van der Waals surface area contributed by atoms with Gasteiger partial charge in [0, 0.05) is 29.9 Å². The van der Waals surface area contributed by atoms with Crippen LogP contribution in [0.4, 0.5) is 0 Å². The molecule has 0 saturated heterocycles. The average molecular weight is 431 g/mol. The van der Waals surface area contributed by atoms with Crippen LogP contribution in [-0.4, -0.2) is 34.3 Å². The Morgan fingerprint density at radius 1 is 1.09 bits per heavy atom. The third kappa shape index (κ3) is 5.22. The van der Waals surface area contributed by atoms with E-state index in [1.807, 2.05) is 38.1 Å². The molecule has 3 aromatic rings. The molecule has 0 spiro atoms. The lowest BCUT2D eigenvalue weighted by Crippen LogP contribution is -2.08. The normalized spacial score (nSPS) is 10.6. The highest BCUT2D eigenvalue weighted by atomic mass is 16.5. The Morgan fingerprint density at radius 3 is 2.41 bits per heavy atom. The number of hydrogen-bond acceptors (Lipinski definition) is 6. The van der Waals surface area contributed by atoms with Crippen LogP contribution in [0.3, 0.4) is 0 Å². The number of benzene rings is 2. The van der Waals surface area contributed by atoms with Crippen LogP contribution in [0.5, 0.6) is 11.5 Å². The monoisotopic (exact) mass is 431 g/mol. The summed E-state index contributed by atoms with van der Waals surface area (Å²) < 4.78 is 11.5.